The smallest absolute Gasteiger partial charge is 0.284 e. The van der Waals surface area contributed by atoms with E-state index in [0.29, 0.717) is 18.8 Å². The summed E-state index contributed by atoms with van der Waals surface area (Å²) in [6.45, 7) is 5.06. The average Bonchev–Trinajstić information content (AvgIpc) is 2.54. The molecule has 0 saturated heterocycles. The molecule has 22 heavy (non-hydrogen) atoms. The molecule has 0 aliphatic rings. The second kappa shape index (κ2) is 7.41. The minimum absolute atomic E-state index is 0.114. The number of nitrogens with zero attached hydrogens (tertiary/aromatic N) is 3. The third-order valence-electron chi connectivity index (χ3n) is 3.26. The number of benzene rings is 1. The summed E-state index contributed by atoms with van der Waals surface area (Å²) in [6, 6.07) is 11.0. The summed E-state index contributed by atoms with van der Waals surface area (Å²) in [6.07, 6.45) is 1.81. The van der Waals surface area contributed by atoms with Gasteiger partial charge in [0.1, 0.15) is 17.4 Å². The molecule has 0 unspecified atom stereocenters. The van der Waals surface area contributed by atoms with E-state index in [9.17, 15) is 4.79 Å². The van der Waals surface area contributed by atoms with Crippen LogP contribution >= 0.6 is 0 Å². The summed E-state index contributed by atoms with van der Waals surface area (Å²) in [5.41, 5.74) is 1.21. The number of aryl methyl sites for hydroxylation is 1. The van der Waals surface area contributed by atoms with Gasteiger partial charge in [-0.1, -0.05) is 25.5 Å². The maximum Gasteiger partial charge on any atom is 0.284 e. The Morgan fingerprint density at radius 2 is 2.14 bits per heavy atom. The highest BCUT2D eigenvalue weighted by molar-refractivity contribution is 5.62. The van der Waals surface area contributed by atoms with Crippen LogP contribution in [0.3, 0.4) is 0 Å². The lowest BCUT2D eigenvalue weighted by Gasteiger charge is -2.09. The van der Waals surface area contributed by atoms with Gasteiger partial charge in [-0.15, -0.1) is 0 Å². The van der Waals surface area contributed by atoms with Crippen molar-refractivity contribution in [1.29, 1.82) is 5.26 Å². The second-order valence-electron chi connectivity index (χ2n) is 4.90. The van der Waals surface area contributed by atoms with Gasteiger partial charge < -0.3 is 4.74 Å². The number of unbranched alkanes of at least 4 members (excludes halogenated alkanes) is 1. The van der Waals surface area contributed by atoms with E-state index in [1.165, 1.54) is 10.7 Å². The van der Waals surface area contributed by atoms with Gasteiger partial charge in [0.25, 0.3) is 5.56 Å². The molecule has 5 nitrogen and oxygen atoms in total. The van der Waals surface area contributed by atoms with Gasteiger partial charge in [0.05, 0.1) is 12.3 Å². The Labute approximate surface area is 129 Å². The average molecular weight is 297 g/mol. The normalized spacial score (nSPS) is 10.2. The maximum atomic E-state index is 12.1. The van der Waals surface area contributed by atoms with Gasteiger partial charge in [-0.05, 0) is 31.5 Å². The lowest BCUT2D eigenvalue weighted by Crippen LogP contribution is -2.25. The number of hydrogen-bond acceptors (Lipinski definition) is 4. The van der Waals surface area contributed by atoms with Crippen molar-refractivity contribution in [2.45, 2.75) is 33.2 Å². The maximum absolute atomic E-state index is 12.1. The lowest BCUT2D eigenvalue weighted by molar-refractivity contribution is 0.340. The van der Waals surface area contributed by atoms with Gasteiger partial charge in [-0.25, -0.2) is 4.68 Å². The van der Waals surface area contributed by atoms with Gasteiger partial charge in [0.2, 0.25) is 0 Å². The van der Waals surface area contributed by atoms with Crippen LogP contribution in [0.5, 0.6) is 5.75 Å². The predicted octanol–water partition coefficient (Wildman–Crippen LogP) is 2.98. The van der Waals surface area contributed by atoms with Crippen LogP contribution in [0.2, 0.25) is 0 Å². The third-order valence-corrected chi connectivity index (χ3v) is 3.26. The zero-order valence-corrected chi connectivity index (χ0v) is 12.9. The molecule has 0 N–H and O–H groups in total. The van der Waals surface area contributed by atoms with Crippen LogP contribution in [0.15, 0.2) is 35.1 Å². The highest BCUT2D eigenvalue weighted by Crippen LogP contribution is 2.22. The molecular formula is C17H19N3O2. The number of rotatable bonds is 6. The topological polar surface area (TPSA) is 67.9 Å². The Balaban J connectivity index is 2.48. The predicted molar refractivity (Wildman–Crippen MR) is 84.7 cm³/mol. The Hall–Kier alpha value is -2.61. The molecule has 1 aromatic heterocycles. The number of ether oxygens (including phenoxy) is 1. The van der Waals surface area contributed by atoms with Crippen molar-refractivity contribution in [2.75, 3.05) is 6.61 Å². The molecule has 2 aromatic rings. The minimum atomic E-state index is -0.333. The molecule has 0 atom stereocenters. The fourth-order valence-electron chi connectivity index (χ4n) is 2.13. The lowest BCUT2D eigenvalue weighted by atomic mass is 10.1. The molecule has 2 rings (SSSR count). The van der Waals surface area contributed by atoms with E-state index < -0.39 is 0 Å². The molecule has 1 aromatic carbocycles. The zero-order chi connectivity index (χ0) is 15.9. The number of aromatic nitrogens is 2. The molecular weight excluding hydrogens is 278 g/mol. The zero-order valence-electron chi connectivity index (χ0n) is 12.9. The SMILES string of the molecule is CCCCn1nc(-c2cccc(OCC)c2)cc(C#N)c1=O. The van der Waals surface area contributed by atoms with Gasteiger partial charge in [-0.2, -0.15) is 10.4 Å². The Bertz CT molecular complexity index is 744. The molecule has 0 bridgehead atoms. The van der Waals surface area contributed by atoms with Crippen molar-refractivity contribution >= 4 is 0 Å². The minimum Gasteiger partial charge on any atom is -0.494 e. The largest absolute Gasteiger partial charge is 0.494 e. The van der Waals surface area contributed by atoms with Crippen LogP contribution in [0, 0.1) is 11.3 Å². The first-order valence-corrected chi connectivity index (χ1v) is 7.45. The molecule has 0 spiro atoms. The molecule has 0 fully saturated rings. The first-order chi connectivity index (χ1) is 10.7. The van der Waals surface area contributed by atoms with Crippen molar-refractivity contribution in [3.05, 3.63) is 46.2 Å². The third kappa shape index (κ3) is 3.53. The molecule has 114 valence electrons. The van der Waals surface area contributed by atoms with E-state index in [4.69, 9.17) is 10.00 Å². The highest BCUT2D eigenvalue weighted by Gasteiger charge is 2.10. The molecule has 0 aliphatic heterocycles. The molecule has 5 heteroatoms. The van der Waals surface area contributed by atoms with Crippen LogP contribution in [0.1, 0.15) is 32.3 Å². The number of hydrogen-bond donors (Lipinski definition) is 0. The summed E-state index contributed by atoms with van der Waals surface area (Å²) in [4.78, 5) is 12.1. The van der Waals surface area contributed by atoms with Crippen LogP contribution in [0.4, 0.5) is 0 Å². The molecule has 0 radical (unpaired) electrons. The van der Waals surface area contributed by atoms with E-state index in [2.05, 4.69) is 5.10 Å². The van der Waals surface area contributed by atoms with E-state index in [1.54, 1.807) is 0 Å². The first kappa shape index (κ1) is 15.8. The fraction of sp³-hybridized carbons (Fsp3) is 0.353. The van der Waals surface area contributed by atoms with E-state index >= 15 is 0 Å². The standard InChI is InChI=1S/C17H19N3O2/c1-3-5-9-20-17(21)14(12-18)11-16(19-20)13-7-6-8-15(10-13)22-4-2/h6-8,10-11H,3-5,9H2,1-2H3. The van der Waals surface area contributed by atoms with Crippen LogP contribution in [0.25, 0.3) is 11.3 Å². The summed E-state index contributed by atoms with van der Waals surface area (Å²) < 4.78 is 6.86. The number of nitriles is 1. The van der Waals surface area contributed by atoms with Crippen LogP contribution < -0.4 is 10.3 Å². The van der Waals surface area contributed by atoms with Gasteiger partial charge in [0.15, 0.2) is 0 Å². The molecule has 0 amide bonds. The van der Waals surface area contributed by atoms with Crippen LogP contribution in [-0.4, -0.2) is 16.4 Å². The highest BCUT2D eigenvalue weighted by atomic mass is 16.5. The van der Waals surface area contributed by atoms with E-state index in [-0.39, 0.29) is 11.1 Å². The molecule has 0 saturated carbocycles. The Kier molecular flexibility index (Phi) is 5.31. The van der Waals surface area contributed by atoms with Gasteiger partial charge in [-0.3, -0.25) is 4.79 Å². The Morgan fingerprint density at radius 3 is 2.82 bits per heavy atom. The molecule has 1 heterocycles. The van der Waals surface area contributed by atoms with E-state index in [1.807, 2.05) is 44.2 Å². The quantitative estimate of drug-likeness (QED) is 0.822. The summed E-state index contributed by atoms with van der Waals surface area (Å²) in [5, 5.41) is 13.6. The van der Waals surface area contributed by atoms with Crippen molar-refractivity contribution in [2.24, 2.45) is 0 Å². The van der Waals surface area contributed by atoms with Crippen molar-refractivity contribution in [1.82, 2.24) is 9.78 Å². The van der Waals surface area contributed by atoms with Gasteiger partial charge in [0, 0.05) is 12.1 Å². The summed E-state index contributed by atoms with van der Waals surface area (Å²) >= 11 is 0. The van der Waals surface area contributed by atoms with Crippen molar-refractivity contribution in [3.63, 3.8) is 0 Å². The van der Waals surface area contributed by atoms with E-state index in [0.717, 1.165) is 24.2 Å². The van der Waals surface area contributed by atoms with Crippen LogP contribution in [-0.2, 0) is 6.54 Å². The Morgan fingerprint density at radius 1 is 1.32 bits per heavy atom. The van der Waals surface area contributed by atoms with Crippen molar-refractivity contribution < 1.29 is 4.74 Å². The monoisotopic (exact) mass is 297 g/mol. The summed E-state index contributed by atoms with van der Waals surface area (Å²) in [7, 11) is 0. The second-order valence-corrected chi connectivity index (χ2v) is 4.90. The van der Waals surface area contributed by atoms with Gasteiger partial charge >= 0.3 is 0 Å². The summed E-state index contributed by atoms with van der Waals surface area (Å²) in [5.74, 6) is 0.742. The fourth-order valence-corrected chi connectivity index (χ4v) is 2.13. The first-order valence-electron chi connectivity index (χ1n) is 7.45. The van der Waals surface area contributed by atoms with Crippen molar-refractivity contribution in [3.8, 4) is 23.1 Å². The molecule has 0 aliphatic carbocycles.